The number of para-hydroxylation sites is 1. The molecule has 116 valence electrons. The standard InChI is InChI=1S/C21H21NO/c23-21(19-12-6-2-7-13-19)17-22(20-14-8-3-9-15-20)16-18-10-4-1-5-11-18/h1-15,21,23H,16-17H2. The lowest BCUT2D eigenvalue weighted by atomic mass is 10.1. The van der Waals surface area contributed by atoms with E-state index in [0.717, 1.165) is 17.8 Å². The first kappa shape index (κ1) is 15.3. The number of aliphatic hydroxyl groups is 1. The Morgan fingerprint density at radius 2 is 1.22 bits per heavy atom. The van der Waals surface area contributed by atoms with E-state index >= 15 is 0 Å². The Labute approximate surface area is 137 Å². The van der Waals surface area contributed by atoms with Gasteiger partial charge in [-0.3, -0.25) is 0 Å². The van der Waals surface area contributed by atoms with Crippen LogP contribution in [0.4, 0.5) is 5.69 Å². The number of hydrogen-bond donors (Lipinski definition) is 1. The summed E-state index contributed by atoms with van der Waals surface area (Å²) >= 11 is 0. The van der Waals surface area contributed by atoms with Gasteiger partial charge in [0.2, 0.25) is 0 Å². The Morgan fingerprint density at radius 3 is 1.83 bits per heavy atom. The van der Waals surface area contributed by atoms with E-state index in [1.807, 2.05) is 66.7 Å². The second-order valence-electron chi connectivity index (χ2n) is 5.63. The summed E-state index contributed by atoms with van der Waals surface area (Å²) in [7, 11) is 0. The van der Waals surface area contributed by atoms with E-state index in [1.165, 1.54) is 5.56 Å². The molecule has 2 heteroatoms. The quantitative estimate of drug-likeness (QED) is 0.728. The number of anilines is 1. The number of rotatable bonds is 6. The number of benzene rings is 3. The highest BCUT2D eigenvalue weighted by Crippen LogP contribution is 2.21. The molecule has 0 aliphatic carbocycles. The van der Waals surface area contributed by atoms with Gasteiger partial charge in [-0.15, -0.1) is 0 Å². The minimum atomic E-state index is -0.514. The summed E-state index contributed by atoms with van der Waals surface area (Å²) in [6.07, 6.45) is -0.514. The highest BCUT2D eigenvalue weighted by atomic mass is 16.3. The number of hydrogen-bond acceptors (Lipinski definition) is 2. The lowest BCUT2D eigenvalue weighted by Crippen LogP contribution is -2.28. The van der Waals surface area contributed by atoms with Gasteiger partial charge in [-0.05, 0) is 23.3 Å². The van der Waals surface area contributed by atoms with Crippen LogP contribution in [0.3, 0.4) is 0 Å². The molecule has 1 atom stereocenters. The lowest BCUT2D eigenvalue weighted by molar-refractivity contribution is 0.183. The first-order valence-electron chi connectivity index (χ1n) is 7.90. The van der Waals surface area contributed by atoms with Gasteiger partial charge in [-0.25, -0.2) is 0 Å². The fourth-order valence-electron chi connectivity index (χ4n) is 2.69. The van der Waals surface area contributed by atoms with Crippen molar-refractivity contribution in [3.8, 4) is 0 Å². The normalized spacial score (nSPS) is 11.9. The van der Waals surface area contributed by atoms with Crippen molar-refractivity contribution in [2.45, 2.75) is 12.6 Å². The molecular formula is C21H21NO. The van der Waals surface area contributed by atoms with Gasteiger partial charge in [0.25, 0.3) is 0 Å². The molecule has 0 heterocycles. The molecule has 0 amide bonds. The van der Waals surface area contributed by atoms with Gasteiger partial charge < -0.3 is 10.0 Å². The molecule has 0 aliphatic heterocycles. The zero-order valence-corrected chi connectivity index (χ0v) is 13.0. The lowest BCUT2D eigenvalue weighted by Gasteiger charge is -2.27. The summed E-state index contributed by atoms with van der Waals surface area (Å²) in [6.45, 7) is 1.33. The molecule has 0 bridgehead atoms. The third kappa shape index (κ3) is 4.21. The smallest absolute Gasteiger partial charge is 0.0964 e. The van der Waals surface area contributed by atoms with Crippen molar-refractivity contribution in [1.29, 1.82) is 0 Å². The summed E-state index contributed by atoms with van der Waals surface area (Å²) < 4.78 is 0. The maximum Gasteiger partial charge on any atom is 0.0964 e. The number of aliphatic hydroxyl groups excluding tert-OH is 1. The fraction of sp³-hybridized carbons (Fsp3) is 0.143. The minimum Gasteiger partial charge on any atom is -0.387 e. The molecule has 0 aliphatic rings. The van der Waals surface area contributed by atoms with Crippen molar-refractivity contribution >= 4 is 5.69 Å². The van der Waals surface area contributed by atoms with Crippen molar-refractivity contribution in [2.24, 2.45) is 0 Å². The van der Waals surface area contributed by atoms with Crippen LogP contribution in [-0.4, -0.2) is 11.7 Å². The van der Waals surface area contributed by atoms with Crippen LogP contribution in [0.5, 0.6) is 0 Å². The monoisotopic (exact) mass is 303 g/mol. The van der Waals surface area contributed by atoms with Crippen molar-refractivity contribution in [3.05, 3.63) is 102 Å². The van der Waals surface area contributed by atoms with E-state index in [9.17, 15) is 5.11 Å². The molecule has 0 saturated carbocycles. The van der Waals surface area contributed by atoms with E-state index in [-0.39, 0.29) is 0 Å². The van der Waals surface area contributed by atoms with E-state index in [4.69, 9.17) is 0 Å². The molecule has 3 aromatic rings. The Bertz CT molecular complexity index is 698. The van der Waals surface area contributed by atoms with Crippen LogP contribution >= 0.6 is 0 Å². The van der Waals surface area contributed by atoms with Gasteiger partial charge in [-0.2, -0.15) is 0 Å². The summed E-state index contributed by atoms with van der Waals surface area (Å²) in [6, 6.07) is 30.4. The Kier molecular flexibility index (Phi) is 5.07. The van der Waals surface area contributed by atoms with Gasteiger partial charge >= 0.3 is 0 Å². The van der Waals surface area contributed by atoms with Crippen molar-refractivity contribution < 1.29 is 5.11 Å². The second-order valence-corrected chi connectivity index (χ2v) is 5.63. The van der Waals surface area contributed by atoms with Crippen LogP contribution in [0.25, 0.3) is 0 Å². The van der Waals surface area contributed by atoms with Crippen LogP contribution in [0.2, 0.25) is 0 Å². The van der Waals surface area contributed by atoms with Crippen molar-refractivity contribution in [3.63, 3.8) is 0 Å². The highest BCUT2D eigenvalue weighted by Gasteiger charge is 2.14. The van der Waals surface area contributed by atoms with Gasteiger partial charge in [0.1, 0.15) is 0 Å². The van der Waals surface area contributed by atoms with E-state index in [1.54, 1.807) is 0 Å². The average Bonchev–Trinajstić information content (AvgIpc) is 2.63. The molecule has 0 spiro atoms. The molecule has 1 unspecified atom stereocenters. The third-order valence-corrected chi connectivity index (χ3v) is 3.92. The van der Waals surface area contributed by atoms with Gasteiger partial charge in [0.15, 0.2) is 0 Å². The Balaban J connectivity index is 1.81. The summed E-state index contributed by atoms with van der Waals surface area (Å²) in [5, 5.41) is 10.6. The molecule has 1 N–H and O–H groups in total. The van der Waals surface area contributed by atoms with Crippen LogP contribution in [-0.2, 0) is 6.54 Å². The van der Waals surface area contributed by atoms with E-state index < -0.39 is 6.10 Å². The predicted molar refractivity (Wildman–Crippen MR) is 95.3 cm³/mol. The Hall–Kier alpha value is -2.58. The molecule has 0 saturated heterocycles. The van der Waals surface area contributed by atoms with Crippen LogP contribution < -0.4 is 4.90 Å². The van der Waals surface area contributed by atoms with E-state index in [2.05, 4.69) is 29.2 Å². The van der Waals surface area contributed by atoms with Crippen molar-refractivity contribution in [2.75, 3.05) is 11.4 Å². The molecular weight excluding hydrogens is 282 g/mol. The minimum absolute atomic E-state index is 0.514. The molecule has 0 aromatic heterocycles. The molecule has 0 radical (unpaired) electrons. The average molecular weight is 303 g/mol. The van der Waals surface area contributed by atoms with Gasteiger partial charge in [-0.1, -0.05) is 78.9 Å². The third-order valence-electron chi connectivity index (χ3n) is 3.92. The van der Waals surface area contributed by atoms with Crippen molar-refractivity contribution in [1.82, 2.24) is 0 Å². The topological polar surface area (TPSA) is 23.5 Å². The summed E-state index contributed by atoms with van der Waals surface area (Å²) in [4.78, 5) is 2.22. The first-order chi connectivity index (χ1) is 11.3. The molecule has 3 rings (SSSR count). The SMILES string of the molecule is OC(CN(Cc1ccccc1)c1ccccc1)c1ccccc1. The van der Waals surface area contributed by atoms with Gasteiger partial charge in [0.05, 0.1) is 6.10 Å². The summed E-state index contributed by atoms with van der Waals surface area (Å²) in [5.41, 5.74) is 3.30. The predicted octanol–water partition coefficient (Wildman–Crippen LogP) is 4.43. The first-order valence-corrected chi connectivity index (χ1v) is 7.90. The highest BCUT2D eigenvalue weighted by molar-refractivity contribution is 5.47. The second kappa shape index (κ2) is 7.61. The molecule has 3 aromatic carbocycles. The molecule has 0 fully saturated rings. The van der Waals surface area contributed by atoms with Crippen LogP contribution in [0.1, 0.15) is 17.2 Å². The fourth-order valence-corrected chi connectivity index (χ4v) is 2.69. The zero-order valence-electron chi connectivity index (χ0n) is 13.0. The number of nitrogens with zero attached hydrogens (tertiary/aromatic N) is 1. The maximum absolute atomic E-state index is 10.6. The van der Waals surface area contributed by atoms with Crippen LogP contribution in [0.15, 0.2) is 91.0 Å². The van der Waals surface area contributed by atoms with Crippen LogP contribution in [0, 0.1) is 0 Å². The maximum atomic E-state index is 10.6. The summed E-state index contributed by atoms with van der Waals surface area (Å²) in [5.74, 6) is 0. The largest absolute Gasteiger partial charge is 0.387 e. The molecule has 23 heavy (non-hydrogen) atoms. The molecule has 2 nitrogen and oxygen atoms in total. The Morgan fingerprint density at radius 1 is 0.696 bits per heavy atom. The zero-order chi connectivity index (χ0) is 15.9. The van der Waals surface area contributed by atoms with E-state index in [0.29, 0.717) is 6.54 Å². The van der Waals surface area contributed by atoms with Gasteiger partial charge in [0, 0.05) is 18.8 Å².